The SMILES string of the molecule is OC1CN=C(c2ccccc2)OC1c1ccccc1. The van der Waals surface area contributed by atoms with Gasteiger partial charge in [0, 0.05) is 5.56 Å². The van der Waals surface area contributed by atoms with Crippen LogP contribution in [0.2, 0.25) is 0 Å². The van der Waals surface area contributed by atoms with E-state index in [1.807, 2.05) is 60.7 Å². The van der Waals surface area contributed by atoms with Crippen LogP contribution in [-0.4, -0.2) is 23.7 Å². The van der Waals surface area contributed by atoms with Gasteiger partial charge >= 0.3 is 0 Å². The molecule has 0 spiro atoms. The van der Waals surface area contributed by atoms with Crippen molar-refractivity contribution in [2.24, 2.45) is 4.99 Å². The monoisotopic (exact) mass is 253 g/mol. The molecule has 0 aliphatic carbocycles. The molecule has 0 amide bonds. The van der Waals surface area contributed by atoms with Crippen molar-refractivity contribution in [1.29, 1.82) is 0 Å². The average molecular weight is 253 g/mol. The molecule has 2 atom stereocenters. The van der Waals surface area contributed by atoms with Crippen LogP contribution in [0.4, 0.5) is 0 Å². The smallest absolute Gasteiger partial charge is 0.216 e. The molecule has 2 aromatic carbocycles. The number of hydrogen-bond acceptors (Lipinski definition) is 3. The molecule has 0 saturated carbocycles. The van der Waals surface area contributed by atoms with Crippen molar-refractivity contribution in [3.8, 4) is 0 Å². The van der Waals surface area contributed by atoms with Gasteiger partial charge in [0.2, 0.25) is 5.90 Å². The fourth-order valence-electron chi connectivity index (χ4n) is 2.18. The lowest BCUT2D eigenvalue weighted by molar-refractivity contribution is 0.0217. The zero-order valence-electron chi connectivity index (χ0n) is 10.4. The molecule has 0 bridgehead atoms. The third-order valence-corrected chi connectivity index (χ3v) is 3.16. The second-order valence-corrected chi connectivity index (χ2v) is 4.53. The highest BCUT2D eigenvalue weighted by Crippen LogP contribution is 2.26. The standard InChI is InChI=1S/C16H15NO2/c18-14-11-17-16(13-9-5-2-6-10-13)19-15(14)12-7-3-1-4-8-12/h1-10,14-15,18H,11H2. The minimum atomic E-state index is -0.602. The molecule has 1 aliphatic heterocycles. The zero-order chi connectivity index (χ0) is 13.1. The second-order valence-electron chi connectivity index (χ2n) is 4.53. The van der Waals surface area contributed by atoms with E-state index < -0.39 is 6.10 Å². The van der Waals surface area contributed by atoms with Crippen molar-refractivity contribution in [3.63, 3.8) is 0 Å². The van der Waals surface area contributed by atoms with Gasteiger partial charge in [-0.05, 0) is 17.7 Å². The predicted octanol–water partition coefficient (Wildman–Crippen LogP) is 2.57. The van der Waals surface area contributed by atoms with Gasteiger partial charge in [0.1, 0.15) is 6.10 Å². The predicted molar refractivity (Wildman–Crippen MR) is 74.1 cm³/mol. The summed E-state index contributed by atoms with van der Waals surface area (Å²) in [5.41, 5.74) is 1.91. The van der Waals surface area contributed by atoms with Gasteiger partial charge in [0.05, 0.1) is 6.54 Å². The maximum Gasteiger partial charge on any atom is 0.216 e. The summed E-state index contributed by atoms with van der Waals surface area (Å²) in [6.07, 6.45) is -0.955. The van der Waals surface area contributed by atoms with Gasteiger partial charge in [0.15, 0.2) is 6.10 Å². The first kappa shape index (κ1) is 11.9. The maximum absolute atomic E-state index is 10.1. The topological polar surface area (TPSA) is 41.8 Å². The molecule has 3 heteroatoms. The minimum absolute atomic E-state index is 0.353. The number of rotatable bonds is 2. The van der Waals surface area contributed by atoms with Crippen LogP contribution in [-0.2, 0) is 4.74 Å². The summed E-state index contributed by atoms with van der Waals surface area (Å²) < 4.78 is 5.87. The highest BCUT2D eigenvalue weighted by Gasteiger charge is 2.28. The number of ether oxygens (including phenoxy) is 1. The van der Waals surface area contributed by atoms with Crippen molar-refractivity contribution < 1.29 is 9.84 Å². The molecular weight excluding hydrogens is 238 g/mol. The van der Waals surface area contributed by atoms with Crippen LogP contribution < -0.4 is 0 Å². The van der Waals surface area contributed by atoms with Crippen LogP contribution in [0.5, 0.6) is 0 Å². The number of nitrogens with zero attached hydrogens (tertiary/aromatic N) is 1. The molecule has 1 heterocycles. The molecule has 2 unspecified atom stereocenters. The number of benzene rings is 2. The average Bonchev–Trinajstić information content (AvgIpc) is 2.49. The van der Waals surface area contributed by atoms with Crippen LogP contribution in [0.3, 0.4) is 0 Å². The summed E-state index contributed by atoms with van der Waals surface area (Å²) in [4.78, 5) is 4.30. The van der Waals surface area contributed by atoms with Crippen molar-refractivity contribution >= 4 is 5.90 Å². The van der Waals surface area contributed by atoms with Crippen LogP contribution >= 0.6 is 0 Å². The molecule has 0 radical (unpaired) electrons. The first-order valence-corrected chi connectivity index (χ1v) is 6.34. The van der Waals surface area contributed by atoms with E-state index in [0.29, 0.717) is 12.4 Å². The summed E-state index contributed by atoms with van der Waals surface area (Å²) in [5.74, 6) is 0.597. The Hall–Kier alpha value is -2.13. The molecule has 2 aromatic rings. The summed E-state index contributed by atoms with van der Waals surface area (Å²) in [7, 11) is 0. The number of aliphatic hydroxyl groups is 1. The summed E-state index contributed by atoms with van der Waals surface area (Å²) in [6, 6.07) is 19.5. The molecule has 0 aromatic heterocycles. The van der Waals surface area contributed by atoms with Crippen molar-refractivity contribution in [1.82, 2.24) is 0 Å². The fraction of sp³-hybridized carbons (Fsp3) is 0.188. The Morgan fingerprint density at radius 3 is 2.26 bits per heavy atom. The van der Waals surface area contributed by atoms with Gasteiger partial charge < -0.3 is 9.84 Å². The lowest BCUT2D eigenvalue weighted by Gasteiger charge is -2.28. The van der Waals surface area contributed by atoms with Gasteiger partial charge in [-0.15, -0.1) is 0 Å². The molecule has 1 N–H and O–H groups in total. The van der Waals surface area contributed by atoms with E-state index in [4.69, 9.17) is 4.74 Å². The molecule has 19 heavy (non-hydrogen) atoms. The minimum Gasteiger partial charge on any atom is -0.466 e. The van der Waals surface area contributed by atoms with Gasteiger partial charge in [-0.1, -0.05) is 48.5 Å². The molecular formula is C16H15NO2. The van der Waals surface area contributed by atoms with E-state index in [0.717, 1.165) is 11.1 Å². The van der Waals surface area contributed by atoms with E-state index in [9.17, 15) is 5.11 Å². The van der Waals surface area contributed by atoms with Crippen LogP contribution in [0, 0.1) is 0 Å². The van der Waals surface area contributed by atoms with Gasteiger partial charge in [0.25, 0.3) is 0 Å². The van der Waals surface area contributed by atoms with Crippen molar-refractivity contribution in [2.45, 2.75) is 12.2 Å². The van der Waals surface area contributed by atoms with E-state index in [1.54, 1.807) is 0 Å². The third kappa shape index (κ3) is 2.51. The molecule has 96 valence electrons. The Bertz CT molecular complexity index is 566. The Morgan fingerprint density at radius 2 is 1.58 bits per heavy atom. The van der Waals surface area contributed by atoms with Crippen LogP contribution in [0.25, 0.3) is 0 Å². The molecule has 3 rings (SSSR count). The first-order chi connectivity index (χ1) is 9.34. The molecule has 3 nitrogen and oxygen atoms in total. The quantitative estimate of drug-likeness (QED) is 0.893. The van der Waals surface area contributed by atoms with Gasteiger partial charge in [-0.3, -0.25) is 0 Å². The molecule has 1 aliphatic rings. The highest BCUT2D eigenvalue weighted by molar-refractivity contribution is 5.94. The summed E-state index contributed by atoms with van der Waals surface area (Å²) in [5, 5.41) is 10.1. The Balaban J connectivity index is 1.88. The lowest BCUT2D eigenvalue weighted by Crippen LogP contribution is -2.31. The number of hydrogen-bond donors (Lipinski definition) is 1. The van der Waals surface area contributed by atoms with Crippen LogP contribution in [0.1, 0.15) is 17.2 Å². The highest BCUT2D eigenvalue weighted by atomic mass is 16.5. The largest absolute Gasteiger partial charge is 0.466 e. The Labute approximate surface area is 112 Å². The van der Waals surface area contributed by atoms with Gasteiger partial charge in [-0.25, -0.2) is 4.99 Å². The van der Waals surface area contributed by atoms with E-state index >= 15 is 0 Å². The van der Waals surface area contributed by atoms with Crippen molar-refractivity contribution in [2.75, 3.05) is 6.54 Å². The summed E-state index contributed by atoms with van der Waals surface area (Å²) in [6.45, 7) is 0.365. The normalized spacial score (nSPS) is 22.5. The fourth-order valence-corrected chi connectivity index (χ4v) is 2.18. The number of aliphatic imine (C=N–C) groups is 1. The third-order valence-electron chi connectivity index (χ3n) is 3.16. The Morgan fingerprint density at radius 1 is 0.947 bits per heavy atom. The zero-order valence-corrected chi connectivity index (χ0v) is 10.4. The second kappa shape index (κ2) is 5.24. The Kier molecular flexibility index (Phi) is 3.29. The van der Waals surface area contributed by atoms with E-state index in [2.05, 4.69) is 4.99 Å². The van der Waals surface area contributed by atoms with Crippen LogP contribution in [0.15, 0.2) is 65.7 Å². The van der Waals surface area contributed by atoms with Crippen molar-refractivity contribution in [3.05, 3.63) is 71.8 Å². The van der Waals surface area contributed by atoms with E-state index in [1.165, 1.54) is 0 Å². The molecule has 0 fully saturated rings. The van der Waals surface area contributed by atoms with E-state index in [-0.39, 0.29) is 6.10 Å². The maximum atomic E-state index is 10.1. The summed E-state index contributed by atoms with van der Waals surface area (Å²) >= 11 is 0. The number of aliphatic hydroxyl groups excluding tert-OH is 1. The molecule has 0 saturated heterocycles. The van der Waals surface area contributed by atoms with Gasteiger partial charge in [-0.2, -0.15) is 0 Å². The lowest BCUT2D eigenvalue weighted by atomic mass is 10.0. The first-order valence-electron chi connectivity index (χ1n) is 6.34.